The molecule has 5 rings (SSSR count). The number of carbonyl (C=O) groups excluding carboxylic acids is 2. The van der Waals surface area contributed by atoms with Crippen molar-refractivity contribution in [2.45, 2.75) is 31.2 Å². The fraction of sp³-hybridized carbons (Fsp3) is 0.375. The van der Waals surface area contributed by atoms with Gasteiger partial charge in [0.25, 0.3) is 0 Å². The molecule has 2 aromatic carbocycles. The van der Waals surface area contributed by atoms with Crippen molar-refractivity contribution in [2.24, 2.45) is 11.3 Å². The number of hydrogen-bond donors (Lipinski definition) is 3. The van der Waals surface area contributed by atoms with E-state index in [4.69, 9.17) is 9.84 Å². The lowest BCUT2D eigenvalue weighted by Crippen LogP contribution is -2.39. The Hall–Kier alpha value is -3.35. The molecule has 2 fully saturated rings. The van der Waals surface area contributed by atoms with E-state index in [0.29, 0.717) is 12.8 Å². The van der Waals surface area contributed by atoms with Crippen LogP contribution in [-0.4, -0.2) is 42.3 Å². The Balaban J connectivity index is 1.18. The Morgan fingerprint density at radius 1 is 1.00 bits per heavy atom. The first kappa shape index (κ1) is 19.6. The molecule has 0 saturated heterocycles. The minimum Gasteiger partial charge on any atom is -0.480 e. The average Bonchev–Trinajstić information content (AvgIpc) is 3.19. The summed E-state index contributed by atoms with van der Waals surface area (Å²) in [5.41, 5.74) is 4.14. The molecule has 3 aliphatic carbocycles. The van der Waals surface area contributed by atoms with Crippen LogP contribution in [0.5, 0.6) is 0 Å². The van der Waals surface area contributed by atoms with Crippen LogP contribution in [-0.2, 0) is 14.3 Å². The minimum atomic E-state index is -1.06. The average molecular weight is 420 g/mol. The molecule has 0 bridgehead atoms. The molecule has 160 valence electrons. The maximum Gasteiger partial charge on any atom is 0.407 e. The first-order chi connectivity index (χ1) is 15.0. The Kier molecular flexibility index (Phi) is 4.68. The van der Waals surface area contributed by atoms with Gasteiger partial charge in [0.2, 0.25) is 5.91 Å². The zero-order valence-corrected chi connectivity index (χ0v) is 17.0. The molecule has 3 N–H and O–H groups in total. The number of hydrogen-bond acceptors (Lipinski definition) is 4. The number of nitrogens with one attached hydrogen (secondary N) is 2. The first-order valence-corrected chi connectivity index (χ1v) is 10.6. The van der Waals surface area contributed by atoms with Gasteiger partial charge < -0.3 is 20.5 Å². The Bertz CT molecular complexity index is 1020. The lowest BCUT2D eigenvalue weighted by molar-refractivity contribution is -0.138. The third-order valence-corrected chi connectivity index (χ3v) is 6.93. The van der Waals surface area contributed by atoms with Crippen molar-refractivity contribution in [1.29, 1.82) is 0 Å². The third kappa shape index (κ3) is 3.44. The van der Waals surface area contributed by atoms with Crippen LogP contribution >= 0.6 is 0 Å². The van der Waals surface area contributed by atoms with Gasteiger partial charge in [-0.25, -0.2) is 4.79 Å². The van der Waals surface area contributed by atoms with E-state index in [9.17, 15) is 14.4 Å². The van der Waals surface area contributed by atoms with E-state index in [2.05, 4.69) is 34.9 Å². The van der Waals surface area contributed by atoms with Crippen LogP contribution in [0.1, 0.15) is 36.3 Å². The third-order valence-electron chi connectivity index (χ3n) is 6.93. The van der Waals surface area contributed by atoms with Crippen molar-refractivity contribution in [2.75, 3.05) is 13.2 Å². The normalized spacial score (nSPS) is 25.2. The highest BCUT2D eigenvalue weighted by Crippen LogP contribution is 2.63. The van der Waals surface area contributed by atoms with Gasteiger partial charge in [0, 0.05) is 12.0 Å². The second-order valence-electron chi connectivity index (χ2n) is 8.74. The highest BCUT2D eigenvalue weighted by Gasteiger charge is 2.65. The lowest BCUT2D eigenvalue weighted by Gasteiger charge is -2.19. The number of rotatable bonds is 6. The van der Waals surface area contributed by atoms with Gasteiger partial charge in [0.05, 0.1) is 5.41 Å². The summed E-state index contributed by atoms with van der Waals surface area (Å²) in [5.74, 6) is -1.09. The maximum absolute atomic E-state index is 12.5. The predicted molar refractivity (Wildman–Crippen MR) is 112 cm³/mol. The molecular formula is C24H24N2O5. The van der Waals surface area contributed by atoms with Crippen molar-refractivity contribution in [3.63, 3.8) is 0 Å². The van der Waals surface area contributed by atoms with Crippen molar-refractivity contribution < 1.29 is 24.2 Å². The van der Waals surface area contributed by atoms with Gasteiger partial charge in [-0.3, -0.25) is 9.59 Å². The minimum absolute atomic E-state index is 0.00303. The highest BCUT2D eigenvalue weighted by molar-refractivity contribution is 5.89. The zero-order valence-electron chi connectivity index (χ0n) is 17.0. The van der Waals surface area contributed by atoms with Crippen LogP contribution in [0, 0.1) is 11.3 Å². The molecule has 31 heavy (non-hydrogen) atoms. The van der Waals surface area contributed by atoms with Crippen LogP contribution in [0.2, 0.25) is 0 Å². The first-order valence-electron chi connectivity index (χ1n) is 10.6. The molecule has 0 heterocycles. The molecule has 7 heteroatoms. The predicted octanol–water partition coefficient (Wildman–Crippen LogP) is 2.89. The van der Waals surface area contributed by atoms with Crippen LogP contribution in [0.25, 0.3) is 11.1 Å². The maximum atomic E-state index is 12.5. The van der Waals surface area contributed by atoms with Crippen LogP contribution in [0.3, 0.4) is 0 Å². The summed E-state index contributed by atoms with van der Waals surface area (Å²) in [4.78, 5) is 35.5. The molecule has 0 spiro atoms. The summed E-state index contributed by atoms with van der Waals surface area (Å²) in [6.45, 7) is -0.127. The number of benzene rings is 2. The molecular weight excluding hydrogens is 396 g/mol. The Labute approximate surface area is 179 Å². The number of carbonyl (C=O) groups is 3. The van der Waals surface area contributed by atoms with Crippen LogP contribution in [0.4, 0.5) is 4.79 Å². The summed E-state index contributed by atoms with van der Waals surface area (Å²) in [6.07, 6.45) is 1.51. The summed E-state index contributed by atoms with van der Waals surface area (Å²) in [6, 6.07) is 16.2. The van der Waals surface area contributed by atoms with Crippen molar-refractivity contribution in [3.05, 3.63) is 59.7 Å². The van der Waals surface area contributed by atoms with Crippen LogP contribution < -0.4 is 10.6 Å². The SMILES string of the molecule is O=C(O)CNC(=O)[C@@]12C[C@@H](NC(=O)OCC3c4ccccc4-c4ccccc43)C[C@@H]1C2. The summed E-state index contributed by atoms with van der Waals surface area (Å²) in [5, 5.41) is 14.1. The number of fused-ring (bicyclic) bond motifs is 4. The van der Waals surface area contributed by atoms with E-state index in [0.717, 1.165) is 17.5 Å². The number of ether oxygens (including phenoxy) is 1. The largest absolute Gasteiger partial charge is 0.480 e. The van der Waals surface area contributed by atoms with E-state index in [1.54, 1.807) is 0 Å². The second-order valence-corrected chi connectivity index (χ2v) is 8.74. The lowest BCUT2D eigenvalue weighted by atomic mass is 9.98. The number of alkyl carbamates (subject to hydrolysis) is 1. The fourth-order valence-electron chi connectivity index (χ4n) is 5.43. The molecule has 0 aliphatic heterocycles. The molecule has 7 nitrogen and oxygen atoms in total. The van der Waals surface area contributed by atoms with Crippen molar-refractivity contribution in [3.8, 4) is 11.1 Å². The number of amides is 2. The van der Waals surface area contributed by atoms with Gasteiger partial charge in [-0.05, 0) is 47.4 Å². The van der Waals surface area contributed by atoms with E-state index < -0.39 is 17.5 Å². The second kappa shape index (κ2) is 7.41. The molecule has 0 unspecified atom stereocenters. The molecule has 3 aliphatic rings. The van der Waals surface area contributed by atoms with Crippen LogP contribution in [0.15, 0.2) is 48.5 Å². The van der Waals surface area contributed by atoms with Gasteiger partial charge in [-0.1, -0.05) is 48.5 Å². The number of carboxylic acid groups (broad SMARTS) is 1. The fourth-order valence-corrected chi connectivity index (χ4v) is 5.43. The monoisotopic (exact) mass is 420 g/mol. The summed E-state index contributed by atoms with van der Waals surface area (Å²) < 4.78 is 5.60. The molecule has 2 aromatic rings. The smallest absolute Gasteiger partial charge is 0.407 e. The molecule has 0 radical (unpaired) electrons. The van der Waals surface area contributed by atoms with E-state index >= 15 is 0 Å². The van der Waals surface area contributed by atoms with E-state index in [-0.39, 0.29) is 36.9 Å². The van der Waals surface area contributed by atoms with Gasteiger partial charge in [-0.15, -0.1) is 0 Å². The molecule has 2 amide bonds. The quantitative estimate of drug-likeness (QED) is 0.667. The highest BCUT2D eigenvalue weighted by atomic mass is 16.5. The summed E-state index contributed by atoms with van der Waals surface area (Å²) in [7, 11) is 0. The zero-order chi connectivity index (χ0) is 21.6. The van der Waals surface area contributed by atoms with Gasteiger partial charge >= 0.3 is 12.1 Å². The van der Waals surface area contributed by atoms with Crippen molar-refractivity contribution >= 4 is 18.0 Å². The van der Waals surface area contributed by atoms with Gasteiger partial charge in [0.1, 0.15) is 13.2 Å². The number of aliphatic carboxylic acids is 1. The molecule has 2 saturated carbocycles. The topological polar surface area (TPSA) is 105 Å². The van der Waals surface area contributed by atoms with Gasteiger partial charge in [0.15, 0.2) is 0 Å². The Morgan fingerprint density at radius 2 is 1.65 bits per heavy atom. The van der Waals surface area contributed by atoms with Crippen molar-refractivity contribution in [1.82, 2.24) is 10.6 Å². The number of carboxylic acids is 1. The van der Waals surface area contributed by atoms with Gasteiger partial charge in [-0.2, -0.15) is 0 Å². The Morgan fingerprint density at radius 3 is 2.29 bits per heavy atom. The van der Waals surface area contributed by atoms with E-state index in [1.165, 1.54) is 11.1 Å². The standard InChI is InChI=1S/C24H24N2O5/c27-21(28)12-25-22(29)24-10-14(24)9-15(11-24)26-23(30)31-13-20-18-7-3-1-5-16(18)17-6-2-4-8-19(17)20/h1-8,14-15,20H,9-13H2,(H,25,29)(H,26,30)(H,27,28)/t14-,15+,24+/m1/s1. The summed E-state index contributed by atoms with van der Waals surface area (Å²) >= 11 is 0. The molecule has 3 atom stereocenters. The van der Waals surface area contributed by atoms with E-state index in [1.807, 2.05) is 24.3 Å². The molecule has 0 aromatic heterocycles.